The Hall–Kier alpha value is -2.02. The highest BCUT2D eigenvalue weighted by Crippen LogP contribution is 2.42. The molecule has 1 heterocycles. The number of rotatable bonds is 0. The number of hydrogen-bond donors (Lipinski definition) is 1. The maximum atomic E-state index is 11.4. The summed E-state index contributed by atoms with van der Waals surface area (Å²) in [6, 6.07) is 7.58. The van der Waals surface area contributed by atoms with Gasteiger partial charge in [0.1, 0.15) is 0 Å². The summed E-state index contributed by atoms with van der Waals surface area (Å²) in [6.07, 6.45) is -0.286. The number of carbonyl (C=O) groups is 1. The van der Waals surface area contributed by atoms with E-state index >= 15 is 0 Å². The summed E-state index contributed by atoms with van der Waals surface area (Å²) in [5, 5.41) is 18.6. The first-order valence-electron chi connectivity index (χ1n) is 6.37. The Morgan fingerprint density at radius 1 is 1.47 bits per heavy atom. The zero-order chi connectivity index (χ0) is 14.2. The van der Waals surface area contributed by atoms with Crippen molar-refractivity contribution in [1.82, 2.24) is 4.90 Å². The second-order valence-corrected chi connectivity index (χ2v) is 5.98. The third kappa shape index (κ3) is 2.28. The van der Waals surface area contributed by atoms with Crippen LogP contribution in [0.1, 0.15) is 43.5 Å². The van der Waals surface area contributed by atoms with Gasteiger partial charge in [-0.15, -0.1) is 0 Å². The van der Waals surface area contributed by atoms with Crippen LogP contribution in [0, 0.1) is 16.7 Å². The second kappa shape index (κ2) is 4.58. The van der Waals surface area contributed by atoms with Gasteiger partial charge in [0.25, 0.3) is 0 Å². The van der Waals surface area contributed by atoms with Crippen LogP contribution in [-0.2, 0) is 6.42 Å². The molecule has 4 heteroatoms. The molecule has 1 N–H and O–H groups in total. The number of carboxylic acid groups (broad SMARTS) is 1. The van der Waals surface area contributed by atoms with Crippen LogP contribution in [0.3, 0.4) is 0 Å². The average Bonchev–Trinajstić information content (AvgIpc) is 2.35. The summed E-state index contributed by atoms with van der Waals surface area (Å²) in [5.74, 6) is 0. The fourth-order valence-electron chi connectivity index (χ4n) is 2.91. The van der Waals surface area contributed by atoms with Gasteiger partial charge in [-0.3, -0.25) is 0 Å². The SMILES string of the molecule is CC(C)(C)C1c2cccc(C#N)c2CCN1C(=O)O. The molecule has 1 aromatic carbocycles. The predicted molar refractivity (Wildman–Crippen MR) is 71.8 cm³/mol. The van der Waals surface area contributed by atoms with Gasteiger partial charge in [-0.2, -0.15) is 5.26 Å². The smallest absolute Gasteiger partial charge is 0.407 e. The standard InChI is InChI=1S/C15H18N2O2/c1-15(2,3)13-12-6-4-5-10(9-16)11(12)7-8-17(13)14(18)19/h4-6,13H,7-8H2,1-3H3,(H,18,19). The van der Waals surface area contributed by atoms with Crippen molar-refractivity contribution >= 4 is 6.09 Å². The molecular formula is C15H18N2O2. The summed E-state index contributed by atoms with van der Waals surface area (Å²) >= 11 is 0. The Labute approximate surface area is 113 Å². The second-order valence-electron chi connectivity index (χ2n) is 5.98. The number of hydrogen-bond acceptors (Lipinski definition) is 2. The van der Waals surface area contributed by atoms with Gasteiger partial charge in [-0.05, 0) is 29.0 Å². The monoisotopic (exact) mass is 258 g/mol. The molecule has 0 radical (unpaired) electrons. The molecule has 0 aliphatic carbocycles. The largest absolute Gasteiger partial charge is 0.465 e. The zero-order valence-electron chi connectivity index (χ0n) is 11.5. The number of nitrogens with zero attached hydrogens (tertiary/aromatic N) is 2. The fraction of sp³-hybridized carbons (Fsp3) is 0.467. The minimum atomic E-state index is -0.895. The third-order valence-electron chi connectivity index (χ3n) is 3.61. The summed E-state index contributed by atoms with van der Waals surface area (Å²) < 4.78 is 0. The normalized spacial score (nSPS) is 18.6. The molecule has 19 heavy (non-hydrogen) atoms. The number of fused-ring (bicyclic) bond motifs is 1. The van der Waals surface area contributed by atoms with Gasteiger partial charge in [-0.25, -0.2) is 4.79 Å². The molecule has 0 saturated heterocycles. The third-order valence-corrected chi connectivity index (χ3v) is 3.61. The first-order chi connectivity index (χ1) is 8.86. The maximum Gasteiger partial charge on any atom is 0.407 e. The van der Waals surface area contributed by atoms with E-state index in [1.165, 1.54) is 4.90 Å². The molecule has 1 atom stereocenters. The molecule has 1 aromatic rings. The number of benzene rings is 1. The fourth-order valence-corrected chi connectivity index (χ4v) is 2.91. The molecule has 0 fully saturated rings. The van der Waals surface area contributed by atoms with Crippen LogP contribution >= 0.6 is 0 Å². The molecule has 1 amide bonds. The maximum absolute atomic E-state index is 11.4. The first kappa shape index (κ1) is 13.4. The summed E-state index contributed by atoms with van der Waals surface area (Å²) in [5.41, 5.74) is 2.43. The molecule has 0 saturated carbocycles. The van der Waals surface area contributed by atoms with Crippen LogP contribution in [0.5, 0.6) is 0 Å². The lowest BCUT2D eigenvalue weighted by Gasteiger charge is -2.43. The van der Waals surface area contributed by atoms with Gasteiger partial charge in [0.2, 0.25) is 0 Å². The predicted octanol–water partition coefficient (Wildman–Crippen LogP) is 3.18. The van der Waals surface area contributed by atoms with Crippen molar-refractivity contribution in [3.8, 4) is 6.07 Å². The number of nitriles is 1. The van der Waals surface area contributed by atoms with Crippen LogP contribution in [-0.4, -0.2) is 22.6 Å². The highest BCUT2D eigenvalue weighted by atomic mass is 16.4. The van der Waals surface area contributed by atoms with E-state index in [-0.39, 0.29) is 11.5 Å². The van der Waals surface area contributed by atoms with Crippen LogP contribution < -0.4 is 0 Å². The van der Waals surface area contributed by atoms with Crippen molar-refractivity contribution in [2.75, 3.05) is 6.54 Å². The molecule has 4 nitrogen and oxygen atoms in total. The van der Waals surface area contributed by atoms with Crippen molar-refractivity contribution in [3.05, 3.63) is 34.9 Å². The van der Waals surface area contributed by atoms with Crippen LogP contribution in [0.2, 0.25) is 0 Å². The Balaban J connectivity index is 2.60. The van der Waals surface area contributed by atoms with Gasteiger partial charge in [0, 0.05) is 6.54 Å². The molecule has 1 aliphatic rings. The molecule has 2 rings (SSSR count). The van der Waals surface area contributed by atoms with Crippen molar-refractivity contribution in [2.45, 2.75) is 33.2 Å². The van der Waals surface area contributed by atoms with E-state index in [0.29, 0.717) is 18.5 Å². The Morgan fingerprint density at radius 3 is 2.68 bits per heavy atom. The van der Waals surface area contributed by atoms with E-state index in [4.69, 9.17) is 0 Å². The van der Waals surface area contributed by atoms with Crippen molar-refractivity contribution < 1.29 is 9.90 Å². The van der Waals surface area contributed by atoms with Gasteiger partial charge in [-0.1, -0.05) is 32.9 Å². The summed E-state index contributed by atoms with van der Waals surface area (Å²) in [4.78, 5) is 12.9. The van der Waals surface area contributed by atoms with E-state index in [1.54, 1.807) is 6.07 Å². The highest BCUT2D eigenvalue weighted by molar-refractivity contribution is 5.67. The number of amides is 1. The minimum absolute atomic E-state index is 0.206. The van der Waals surface area contributed by atoms with Crippen LogP contribution in [0.4, 0.5) is 4.79 Å². The molecule has 0 spiro atoms. The Morgan fingerprint density at radius 2 is 2.16 bits per heavy atom. The summed E-state index contributed by atoms with van der Waals surface area (Å²) in [6.45, 7) is 6.54. The lowest BCUT2D eigenvalue weighted by molar-refractivity contribution is 0.0759. The van der Waals surface area contributed by atoms with Gasteiger partial charge >= 0.3 is 6.09 Å². The lowest BCUT2D eigenvalue weighted by atomic mass is 9.76. The van der Waals surface area contributed by atoms with Crippen molar-refractivity contribution in [3.63, 3.8) is 0 Å². The zero-order valence-corrected chi connectivity index (χ0v) is 11.5. The van der Waals surface area contributed by atoms with Crippen LogP contribution in [0.15, 0.2) is 18.2 Å². The van der Waals surface area contributed by atoms with E-state index < -0.39 is 6.09 Å². The molecule has 1 aliphatic heterocycles. The van der Waals surface area contributed by atoms with Crippen molar-refractivity contribution in [2.24, 2.45) is 5.41 Å². The molecule has 0 aromatic heterocycles. The Bertz CT molecular complexity index is 552. The quantitative estimate of drug-likeness (QED) is 0.777. The van der Waals surface area contributed by atoms with E-state index in [9.17, 15) is 15.2 Å². The molecule has 0 bridgehead atoms. The minimum Gasteiger partial charge on any atom is -0.465 e. The summed E-state index contributed by atoms with van der Waals surface area (Å²) in [7, 11) is 0. The molecular weight excluding hydrogens is 240 g/mol. The molecule has 100 valence electrons. The average molecular weight is 258 g/mol. The van der Waals surface area contributed by atoms with E-state index in [1.807, 2.05) is 32.9 Å². The van der Waals surface area contributed by atoms with Gasteiger partial charge in [0.15, 0.2) is 0 Å². The van der Waals surface area contributed by atoms with E-state index in [2.05, 4.69) is 6.07 Å². The highest BCUT2D eigenvalue weighted by Gasteiger charge is 2.39. The van der Waals surface area contributed by atoms with E-state index in [0.717, 1.165) is 11.1 Å². The van der Waals surface area contributed by atoms with Crippen LogP contribution in [0.25, 0.3) is 0 Å². The Kier molecular flexibility index (Phi) is 3.23. The van der Waals surface area contributed by atoms with Gasteiger partial charge in [0.05, 0.1) is 17.7 Å². The lowest BCUT2D eigenvalue weighted by Crippen LogP contribution is -2.44. The van der Waals surface area contributed by atoms with Crippen molar-refractivity contribution in [1.29, 1.82) is 5.26 Å². The van der Waals surface area contributed by atoms with Gasteiger partial charge < -0.3 is 10.0 Å². The first-order valence-corrected chi connectivity index (χ1v) is 6.37. The topological polar surface area (TPSA) is 64.3 Å². The molecule has 1 unspecified atom stereocenters.